The van der Waals surface area contributed by atoms with Crippen molar-refractivity contribution < 1.29 is 9.15 Å². The molecule has 0 unspecified atom stereocenters. The number of fused-ring (bicyclic) bond motifs is 3. The lowest BCUT2D eigenvalue weighted by Gasteiger charge is -2.32. The molecular formula is C25H21NO3. The summed E-state index contributed by atoms with van der Waals surface area (Å²) in [5.74, 6) is 0.774. The minimum atomic E-state index is -0.351. The van der Waals surface area contributed by atoms with Crippen molar-refractivity contribution in [1.82, 2.24) is 0 Å². The van der Waals surface area contributed by atoms with Crippen LogP contribution < -0.4 is 15.3 Å². The summed E-state index contributed by atoms with van der Waals surface area (Å²) < 4.78 is 11.7. The van der Waals surface area contributed by atoms with Gasteiger partial charge in [0.1, 0.15) is 11.3 Å². The SMILES string of the molecule is CCc1ccccc1N1COc2ccc3c(-c4ccccc4)cc(=O)oc3c2C1. The van der Waals surface area contributed by atoms with Crippen LogP contribution in [0.4, 0.5) is 5.69 Å². The fraction of sp³-hybridized carbons (Fsp3) is 0.160. The Morgan fingerprint density at radius 3 is 2.59 bits per heavy atom. The van der Waals surface area contributed by atoms with Gasteiger partial charge >= 0.3 is 5.63 Å². The highest BCUT2D eigenvalue weighted by atomic mass is 16.5. The second-order valence-corrected chi connectivity index (χ2v) is 7.22. The minimum absolute atomic E-state index is 0.351. The van der Waals surface area contributed by atoms with Crippen molar-refractivity contribution in [1.29, 1.82) is 0 Å². The van der Waals surface area contributed by atoms with Gasteiger partial charge < -0.3 is 14.1 Å². The van der Waals surface area contributed by atoms with Crippen LogP contribution in [0.5, 0.6) is 5.75 Å². The second kappa shape index (κ2) is 7.13. The van der Waals surface area contributed by atoms with Crippen molar-refractivity contribution in [2.45, 2.75) is 19.9 Å². The summed E-state index contributed by atoms with van der Waals surface area (Å²) in [5.41, 5.74) is 5.46. The molecule has 0 bridgehead atoms. The number of hydrogen-bond acceptors (Lipinski definition) is 4. The molecule has 4 heteroatoms. The minimum Gasteiger partial charge on any atom is -0.473 e. The van der Waals surface area contributed by atoms with Crippen LogP contribution in [0.2, 0.25) is 0 Å². The smallest absolute Gasteiger partial charge is 0.336 e. The lowest BCUT2D eigenvalue weighted by atomic mass is 9.99. The summed E-state index contributed by atoms with van der Waals surface area (Å²) in [6.45, 7) is 3.25. The zero-order valence-electron chi connectivity index (χ0n) is 16.2. The summed E-state index contributed by atoms with van der Waals surface area (Å²) >= 11 is 0. The molecule has 0 atom stereocenters. The largest absolute Gasteiger partial charge is 0.473 e. The predicted molar refractivity (Wildman–Crippen MR) is 115 cm³/mol. The summed E-state index contributed by atoms with van der Waals surface area (Å²) in [5, 5.41) is 0.920. The number of ether oxygens (including phenoxy) is 1. The molecule has 0 saturated heterocycles. The number of para-hydroxylation sites is 1. The Morgan fingerprint density at radius 2 is 1.76 bits per heavy atom. The molecule has 0 radical (unpaired) electrons. The summed E-state index contributed by atoms with van der Waals surface area (Å²) in [4.78, 5) is 14.6. The Hall–Kier alpha value is -3.53. The first-order valence-electron chi connectivity index (χ1n) is 9.85. The molecule has 4 aromatic rings. The number of hydrogen-bond donors (Lipinski definition) is 0. The summed E-state index contributed by atoms with van der Waals surface area (Å²) in [7, 11) is 0. The van der Waals surface area contributed by atoms with Crippen LogP contribution >= 0.6 is 0 Å². The van der Waals surface area contributed by atoms with Gasteiger partial charge in [-0.25, -0.2) is 4.79 Å². The van der Waals surface area contributed by atoms with Gasteiger partial charge in [-0.2, -0.15) is 0 Å². The summed E-state index contributed by atoms with van der Waals surface area (Å²) in [6.07, 6.45) is 0.947. The monoisotopic (exact) mass is 383 g/mol. The zero-order valence-corrected chi connectivity index (χ0v) is 16.2. The van der Waals surface area contributed by atoms with Gasteiger partial charge in [0.05, 0.1) is 12.1 Å². The van der Waals surface area contributed by atoms with E-state index in [0.717, 1.165) is 39.9 Å². The second-order valence-electron chi connectivity index (χ2n) is 7.22. The molecule has 1 aliphatic heterocycles. The first-order valence-corrected chi connectivity index (χ1v) is 9.85. The number of anilines is 1. The van der Waals surface area contributed by atoms with Gasteiger partial charge in [0, 0.05) is 17.1 Å². The van der Waals surface area contributed by atoms with Gasteiger partial charge in [0.2, 0.25) is 0 Å². The zero-order chi connectivity index (χ0) is 19.8. The molecule has 3 aromatic carbocycles. The quantitative estimate of drug-likeness (QED) is 0.446. The highest BCUT2D eigenvalue weighted by Crippen LogP contribution is 2.37. The van der Waals surface area contributed by atoms with E-state index in [0.29, 0.717) is 18.9 Å². The average Bonchev–Trinajstić information content (AvgIpc) is 2.78. The molecule has 0 aliphatic carbocycles. The van der Waals surface area contributed by atoms with Gasteiger partial charge in [0.25, 0.3) is 0 Å². The standard InChI is InChI=1S/C25H21NO3/c1-2-17-8-6-7-11-22(17)26-15-21-23(28-16-26)13-12-19-20(14-24(27)29-25(19)21)18-9-4-3-5-10-18/h3-14H,2,15-16H2,1H3. The topological polar surface area (TPSA) is 42.7 Å². The molecule has 1 aromatic heterocycles. The van der Waals surface area contributed by atoms with Crippen LogP contribution in [0.15, 0.2) is 82.0 Å². The van der Waals surface area contributed by atoms with Crippen LogP contribution in [0.1, 0.15) is 18.1 Å². The molecule has 1 aliphatic rings. The molecule has 0 fully saturated rings. The third-order valence-corrected chi connectivity index (χ3v) is 5.50. The van der Waals surface area contributed by atoms with Crippen LogP contribution in [-0.2, 0) is 13.0 Å². The van der Waals surface area contributed by atoms with E-state index in [1.807, 2.05) is 48.5 Å². The number of nitrogens with zero attached hydrogens (tertiary/aromatic N) is 1. The van der Waals surface area contributed by atoms with Crippen molar-refractivity contribution in [3.05, 3.63) is 94.3 Å². The van der Waals surface area contributed by atoms with Gasteiger partial charge in [0.15, 0.2) is 6.73 Å². The normalized spacial score (nSPS) is 13.2. The first-order chi connectivity index (χ1) is 14.2. The molecule has 144 valence electrons. The van der Waals surface area contributed by atoms with Crippen molar-refractivity contribution in [2.75, 3.05) is 11.6 Å². The Morgan fingerprint density at radius 1 is 0.966 bits per heavy atom. The molecule has 4 nitrogen and oxygen atoms in total. The lowest BCUT2D eigenvalue weighted by Crippen LogP contribution is -2.32. The maximum atomic E-state index is 12.4. The molecule has 2 heterocycles. The van der Waals surface area contributed by atoms with E-state index in [-0.39, 0.29) is 5.63 Å². The summed E-state index contributed by atoms with van der Waals surface area (Å²) in [6, 6.07) is 23.8. The van der Waals surface area contributed by atoms with Gasteiger partial charge in [-0.1, -0.05) is 55.5 Å². The molecular weight excluding hydrogens is 362 g/mol. The number of benzene rings is 3. The van der Waals surface area contributed by atoms with E-state index >= 15 is 0 Å². The van der Waals surface area contributed by atoms with Crippen molar-refractivity contribution in [3.63, 3.8) is 0 Å². The van der Waals surface area contributed by atoms with Crippen molar-refractivity contribution >= 4 is 16.7 Å². The van der Waals surface area contributed by atoms with Crippen molar-refractivity contribution in [2.24, 2.45) is 0 Å². The third kappa shape index (κ3) is 3.07. The molecule has 5 rings (SSSR count). The molecule has 0 spiro atoms. The molecule has 0 amide bonds. The van der Waals surface area contributed by atoms with Gasteiger partial charge in [-0.15, -0.1) is 0 Å². The Balaban J connectivity index is 1.67. The first kappa shape index (κ1) is 17.6. The van der Waals surface area contributed by atoms with E-state index in [9.17, 15) is 4.79 Å². The van der Waals surface area contributed by atoms with E-state index in [1.165, 1.54) is 5.56 Å². The maximum Gasteiger partial charge on any atom is 0.336 e. The number of aryl methyl sites for hydroxylation is 1. The highest BCUT2D eigenvalue weighted by molar-refractivity contribution is 5.96. The highest BCUT2D eigenvalue weighted by Gasteiger charge is 2.24. The molecule has 0 saturated carbocycles. The van der Waals surface area contributed by atoms with E-state index < -0.39 is 0 Å². The number of rotatable bonds is 3. The predicted octanol–water partition coefficient (Wildman–Crippen LogP) is 5.38. The van der Waals surface area contributed by atoms with Gasteiger partial charge in [-0.05, 0) is 41.3 Å². The van der Waals surface area contributed by atoms with Crippen molar-refractivity contribution in [3.8, 4) is 16.9 Å². The molecule has 29 heavy (non-hydrogen) atoms. The molecule has 0 N–H and O–H groups in total. The van der Waals surface area contributed by atoms with Crippen LogP contribution in [0.25, 0.3) is 22.1 Å². The van der Waals surface area contributed by atoms with Crippen LogP contribution in [0.3, 0.4) is 0 Å². The van der Waals surface area contributed by atoms with Gasteiger partial charge in [-0.3, -0.25) is 0 Å². The Labute approximate surface area is 169 Å². The maximum absolute atomic E-state index is 12.4. The van der Waals surface area contributed by atoms with Crippen LogP contribution in [0, 0.1) is 0 Å². The van der Waals surface area contributed by atoms with Crippen LogP contribution in [-0.4, -0.2) is 6.73 Å². The fourth-order valence-electron chi connectivity index (χ4n) is 4.06. The Bertz CT molecular complexity index is 1240. The Kier molecular flexibility index (Phi) is 4.32. The van der Waals surface area contributed by atoms with E-state index in [4.69, 9.17) is 9.15 Å². The van der Waals surface area contributed by atoms with E-state index in [2.05, 4.69) is 30.0 Å². The average molecular weight is 383 g/mol. The van der Waals surface area contributed by atoms with E-state index in [1.54, 1.807) is 6.07 Å². The lowest BCUT2D eigenvalue weighted by molar-refractivity contribution is 0.289. The fourth-order valence-corrected chi connectivity index (χ4v) is 4.06. The third-order valence-electron chi connectivity index (χ3n) is 5.50.